The molecule has 6 nitrogen and oxygen atoms in total. The maximum absolute atomic E-state index is 10.7. The summed E-state index contributed by atoms with van der Waals surface area (Å²) in [5.74, 6) is 0.245. The van der Waals surface area contributed by atoms with Gasteiger partial charge in [0.15, 0.2) is 5.75 Å². The Hall–Kier alpha value is -1.82. The number of ether oxygens (including phenoxy) is 2. The van der Waals surface area contributed by atoms with Crippen molar-refractivity contribution in [2.75, 3.05) is 25.6 Å². The average molecular weight is 254 g/mol. The maximum Gasteiger partial charge on any atom is 0.311 e. The summed E-state index contributed by atoms with van der Waals surface area (Å²) in [6.45, 7) is 5.15. The highest BCUT2D eigenvalue weighted by molar-refractivity contribution is 5.57. The van der Waals surface area contributed by atoms with Crippen LogP contribution in [0.1, 0.15) is 13.8 Å². The molecule has 0 aliphatic heterocycles. The molecule has 6 heteroatoms. The lowest BCUT2D eigenvalue weighted by Gasteiger charge is -2.10. The molecule has 18 heavy (non-hydrogen) atoms. The number of nitro groups is 1. The number of benzene rings is 1. The lowest BCUT2D eigenvalue weighted by atomic mass is 10.2. The van der Waals surface area contributed by atoms with E-state index in [0.29, 0.717) is 13.2 Å². The number of anilines is 1. The Labute approximate surface area is 106 Å². The van der Waals surface area contributed by atoms with Gasteiger partial charge >= 0.3 is 5.69 Å². The second-order valence-electron chi connectivity index (χ2n) is 3.99. The fraction of sp³-hybridized carbons (Fsp3) is 0.500. The Morgan fingerprint density at radius 1 is 1.44 bits per heavy atom. The van der Waals surface area contributed by atoms with E-state index in [2.05, 4.69) is 5.32 Å². The Kier molecular flexibility index (Phi) is 5.38. The van der Waals surface area contributed by atoms with Gasteiger partial charge < -0.3 is 14.8 Å². The van der Waals surface area contributed by atoms with Crippen LogP contribution in [-0.4, -0.2) is 31.3 Å². The van der Waals surface area contributed by atoms with Crippen LogP contribution in [0.2, 0.25) is 0 Å². The monoisotopic (exact) mass is 254 g/mol. The minimum atomic E-state index is -0.468. The maximum atomic E-state index is 10.7. The lowest BCUT2D eigenvalue weighted by molar-refractivity contribution is -0.385. The van der Waals surface area contributed by atoms with Crippen molar-refractivity contribution >= 4 is 11.4 Å². The van der Waals surface area contributed by atoms with Gasteiger partial charge in [-0.15, -0.1) is 0 Å². The van der Waals surface area contributed by atoms with Crippen molar-refractivity contribution in [1.29, 1.82) is 0 Å². The zero-order valence-corrected chi connectivity index (χ0v) is 10.8. The number of nitro benzene ring substituents is 1. The highest BCUT2D eigenvalue weighted by Gasteiger charge is 2.14. The Balaban J connectivity index is 2.60. The van der Waals surface area contributed by atoms with Crippen molar-refractivity contribution in [1.82, 2.24) is 0 Å². The van der Waals surface area contributed by atoms with Crippen molar-refractivity contribution in [2.45, 2.75) is 20.0 Å². The molecule has 0 aromatic heterocycles. The third-order valence-electron chi connectivity index (χ3n) is 2.26. The molecule has 1 aromatic rings. The molecule has 0 atom stereocenters. The van der Waals surface area contributed by atoms with Gasteiger partial charge in [0.25, 0.3) is 0 Å². The molecule has 0 aliphatic carbocycles. The second-order valence-corrected chi connectivity index (χ2v) is 3.99. The molecule has 100 valence electrons. The number of nitrogens with zero attached hydrogens (tertiary/aromatic N) is 1. The summed E-state index contributed by atoms with van der Waals surface area (Å²) < 4.78 is 10.4. The molecule has 0 unspecified atom stereocenters. The van der Waals surface area contributed by atoms with Gasteiger partial charge in [-0.25, -0.2) is 0 Å². The number of hydrogen-bond acceptors (Lipinski definition) is 5. The molecule has 1 N–H and O–H groups in total. The van der Waals surface area contributed by atoms with Crippen LogP contribution >= 0.6 is 0 Å². The molecule has 1 aromatic carbocycles. The Bertz CT molecular complexity index is 407. The van der Waals surface area contributed by atoms with E-state index < -0.39 is 4.92 Å². The normalized spacial score (nSPS) is 10.4. The molecule has 0 spiro atoms. The van der Waals surface area contributed by atoms with Gasteiger partial charge in [-0.2, -0.15) is 0 Å². The zero-order valence-electron chi connectivity index (χ0n) is 10.8. The van der Waals surface area contributed by atoms with Crippen molar-refractivity contribution in [3.63, 3.8) is 0 Å². The number of hydrogen-bond donors (Lipinski definition) is 1. The van der Waals surface area contributed by atoms with E-state index in [-0.39, 0.29) is 17.5 Å². The molecule has 0 saturated heterocycles. The van der Waals surface area contributed by atoms with E-state index in [9.17, 15) is 10.1 Å². The summed E-state index contributed by atoms with van der Waals surface area (Å²) >= 11 is 0. The van der Waals surface area contributed by atoms with E-state index in [1.165, 1.54) is 13.2 Å². The average Bonchev–Trinajstić information content (AvgIpc) is 2.33. The second kappa shape index (κ2) is 6.80. The van der Waals surface area contributed by atoms with Crippen LogP contribution in [0.25, 0.3) is 0 Å². The Morgan fingerprint density at radius 3 is 2.72 bits per heavy atom. The van der Waals surface area contributed by atoms with Gasteiger partial charge in [0.2, 0.25) is 0 Å². The van der Waals surface area contributed by atoms with Gasteiger partial charge in [-0.3, -0.25) is 10.1 Å². The van der Waals surface area contributed by atoms with Crippen molar-refractivity contribution < 1.29 is 14.4 Å². The number of methoxy groups -OCH3 is 1. The smallest absolute Gasteiger partial charge is 0.311 e. The summed E-state index contributed by atoms with van der Waals surface area (Å²) in [5.41, 5.74) is 0.728. The molecule has 0 amide bonds. The summed E-state index contributed by atoms with van der Waals surface area (Å²) in [7, 11) is 1.41. The topological polar surface area (TPSA) is 73.6 Å². The summed E-state index contributed by atoms with van der Waals surface area (Å²) in [6.07, 6.45) is 0.193. The molecule has 1 rings (SSSR count). The molecule has 0 aliphatic rings. The summed E-state index contributed by atoms with van der Waals surface area (Å²) in [5, 5.41) is 13.8. The van der Waals surface area contributed by atoms with Crippen LogP contribution in [0, 0.1) is 10.1 Å². The fourth-order valence-electron chi connectivity index (χ4n) is 1.43. The predicted octanol–water partition coefficient (Wildman–Crippen LogP) is 2.44. The van der Waals surface area contributed by atoms with E-state index in [4.69, 9.17) is 9.47 Å². The Morgan fingerprint density at radius 2 is 2.17 bits per heavy atom. The predicted molar refractivity (Wildman–Crippen MR) is 69.2 cm³/mol. The zero-order chi connectivity index (χ0) is 13.5. The first-order valence-electron chi connectivity index (χ1n) is 5.72. The number of rotatable bonds is 7. The quantitative estimate of drug-likeness (QED) is 0.459. The van der Waals surface area contributed by atoms with Crippen LogP contribution in [0.4, 0.5) is 11.4 Å². The van der Waals surface area contributed by atoms with Gasteiger partial charge in [-0.1, -0.05) is 0 Å². The standard InChI is InChI=1S/C12H18N2O4/c1-9(2)18-7-6-13-10-4-5-11(14(15)16)12(8-10)17-3/h4-5,8-9,13H,6-7H2,1-3H3. The van der Waals surface area contributed by atoms with Crippen LogP contribution in [0.5, 0.6) is 5.75 Å². The van der Waals surface area contributed by atoms with Crippen LogP contribution < -0.4 is 10.1 Å². The minimum absolute atomic E-state index is 0.0403. The molecule has 0 bridgehead atoms. The fourth-order valence-corrected chi connectivity index (χ4v) is 1.43. The minimum Gasteiger partial charge on any atom is -0.490 e. The van der Waals surface area contributed by atoms with Gasteiger partial charge in [0.1, 0.15) is 0 Å². The first-order chi connectivity index (χ1) is 8.54. The first kappa shape index (κ1) is 14.2. The van der Waals surface area contributed by atoms with Crippen molar-refractivity contribution in [2.24, 2.45) is 0 Å². The van der Waals surface area contributed by atoms with Crippen LogP contribution in [-0.2, 0) is 4.74 Å². The van der Waals surface area contributed by atoms with E-state index in [0.717, 1.165) is 5.69 Å². The highest BCUT2D eigenvalue weighted by atomic mass is 16.6. The van der Waals surface area contributed by atoms with E-state index in [1.54, 1.807) is 12.1 Å². The SMILES string of the molecule is COc1cc(NCCOC(C)C)ccc1[N+](=O)[O-]. The largest absolute Gasteiger partial charge is 0.490 e. The van der Waals surface area contributed by atoms with Gasteiger partial charge in [0.05, 0.1) is 24.7 Å². The molecule has 0 fully saturated rings. The molecule has 0 heterocycles. The van der Waals surface area contributed by atoms with Crippen LogP contribution in [0.3, 0.4) is 0 Å². The van der Waals surface area contributed by atoms with Gasteiger partial charge in [0, 0.05) is 24.4 Å². The number of nitrogens with one attached hydrogen (secondary N) is 1. The first-order valence-corrected chi connectivity index (χ1v) is 5.72. The molecular weight excluding hydrogens is 236 g/mol. The van der Waals surface area contributed by atoms with E-state index >= 15 is 0 Å². The van der Waals surface area contributed by atoms with Crippen molar-refractivity contribution in [3.05, 3.63) is 28.3 Å². The van der Waals surface area contributed by atoms with Gasteiger partial charge in [-0.05, 0) is 19.9 Å². The molecular formula is C12H18N2O4. The third kappa shape index (κ3) is 4.21. The van der Waals surface area contributed by atoms with Crippen LogP contribution in [0.15, 0.2) is 18.2 Å². The molecule has 0 radical (unpaired) electrons. The lowest BCUT2D eigenvalue weighted by Crippen LogP contribution is -2.13. The van der Waals surface area contributed by atoms with E-state index in [1.807, 2.05) is 13.8 Å². The summed E-state index contributed by atoms with van der Waals surface area (Å²) in [4.78, 5) is 10.2. The summed E-state index contributed by atoms with van der Waals surface area (Å²) in [6, 6.07) is 4.67. The molecule has 0 saturated carbocycles. The third-order valence-corrected chi connectivity index (χ3v) is 2.26. The highest BCUT2D eigenvalue weighted by Crippen LogP contribution is 2.29. The van der Waals surface area contributed by atoms with Crippen molar-refractivity contribution in [3.8, 4) is 5.75 Å².